The fraction of sp³-hybridized carbons (Fsp3) is 0.0769. The van der Waals surface area contributed by atoms with E-state index in [9.17, 15) is 18.3 Å². The summed E-state index contributed by atoms with van der Waals surface area (Å²) in [6.45, 7) is 0. The highest BCUT2D eigenvalue weighted by Crippen LogP contribution is 2.34. The van der Waals surface area contributed by atoms with Crippen LogP contribution < -0.4 is 0 Å². The van der Waals surface area contributed by atoms with Crippen LogP contribution >= 0.6 is 0 Å². The van der Waals surface area contributed by atoms with E-state index < -0.39 is 12.0 Å². The van der Waals surface area contributed by atoms with Crippen LogP contribution in [0.3, 0.4) is 0 Å². The van der Waals surface area contributed by atoms with Crippen LogP contribution in [0.25, 0.3) is 22.2 Å². The molecule has 1 aromatic heterocycles. The predicted molar refractivity (Wildman–Crippen MR) is 63.9 cm³/mol. The van der Waals surface area contributed by atoms with Gasteiger partial charge in [-0.05, 0) is 22.9 Å². The quantitative estimate of drug-likeness (QED) is 0.739. The van der Waals surface area contributed by atoms with Gasteiger partial charge in [0.2, 0.25) is 0 Å². The third kappa shape index (κ3) is 2.07. The van der Waals surface area contributed by atoms with Gasteiger partial charge in [-0.3, -0.25) is 0 Å². The van der Waals surface area contributed by atoms with Gasteiger partial charge < -0.3 is 9.63 Å². The van der Waals surface area contributed by atoms with E-state index in [0.29, 0.717) is 0 Å². The van der Waals surface area contributed by atoms with Gasteiger partial charge in [0.15, 0.2) is 0 Å². The van der Waals surface area contributed by atoms with Gasteiger partial charge in [0.1, 0.15) is 5.75 Å². The van der Waals surface area contributed by atoms with Crippen molar-refractivity contribution < 1.29 is 22.8 Å². The lowest BCUT2D eigenvalue weighted by Gasteiger charge is -2.03. The van der Waals surface area contributed by atoms with Crippen molar-refractivity contribution in [2.24, 2.45) is 0 Å². The van der Waals surface area contributed by atoms with Gasteiger partial charge in [0.05, 0.1) is 5.56 Å². The molecule has 1 N–H and O–H groups in total. The number of phenols is 1. The van der Waals surface area contributed by atoms with Gasteiger partial charge in [0.25, 0.3) is 11.7 Å². The van der Waals surface area contributed by atoms with Gasteiger partial charge in [0, 0.05) is 0 Å². The monoisotopic (exact) mass is 280 g/mol. The van der Waals surface area contributed by atoms with Crippen LogP contribution in [0.1, 0.15) is 5.82 Å². The van der Waals surface area contributed by atoms with E-state index >= 15 is 0 Å². The molecule has 0 saturated carbocycles. The van der Waals surface area contributed by atoms with E-state index in [0.717, 1.165) is 10.8 Å². The van der Waals surface area contributed by atoms with Crippen LogP contribution in [0.5, 0.6) is 5.75 Å². The zero-order valence-corrected chi connectivity index (χ0v) is 9.85. The van der Waals surface area contributed by atoms with E-state index in [1.165, 1.54) is 12.1 Å². The van der Waals surface area contributed by atoms with Crippen molar-refractivity contribution in [3.63, 3.8) is 0 Å². The van der Waals surface area contributed by atoms with Crippen LogP contribution in [0.2, 0.25) is 0 Å². The van der Waals surface area contributed by atoms with Gasteiger partial charge in [-0.1, -0.05) is 29.4 Å². The topological polar surface area (TPSA) is 59.2 Å². The first-order valence-electron chi connectivity index (χ1n) is 5.58. The number of fused-ring (bicyclic) bond motifs is 1. The molecule has 0 atom stereocenters. The summed E-state index contributed by atoms with van der Waals surface area (Å²) in [5, 5.41) is 14.2. The summed E-state index contributed by atoms with van der Waals surface area (Å²) >= 11 is 0. The Hall–Kier alpha value is -2.57. The first-order valence-corrected chi connectivity index (χ1v) is 5.58. The summed E-state index contributed by atoms with van der Waals surface area (Å²) in [5.74, 6) is -1.97. The maximum absolute atomic E-state index is 12.4. The molecule has 0 radical (unpaired) electrons. The number of benzene rings is 2. The molecule has 0 aliphatic carbocycles. The Balaban J connectivity index is 2.14. The minimum Gasteiger partial charge on any atom is -0.507 e. The maximum atomic E-state index is 12.4. The lowest BCUT2D eigenvalue weighted by Crippen LogP contribution is -2.07. The number of hydrogen-bond acceptors (Lipinski definition) is 4. The van der Waals surface area contributed by atoms with E-state index in [1.54, 1.807) is 24.3 Å². The second-order valence-corrected chi connectivity index (χ2v) is 4.14. The number of aromatic nitrogens is 2. The molecule has 0 saturated heterocycles. The summed E-state index contributed by atoms with van der Waals surface area (Å²) in [6, 6.07) is 10.0. The summed E-state index contributed by atoms with van der Waals surface area (Å²) in [6.07, 6.45) is -4.69. The fourth-order valence-corrected chi connectivity index (χ4v) is 1.85. The maximum Gasteiger partial charge on any atom is 0.455 e. The lowest BCUT2D eigenvalue weighted by molar-refractivity contribution is -0.146. The predicted octanol–water partition coefficient (Wildman–Crippen LogP) is 3.61. The summed E-state index contributed by atoms with van der Waals surface area (Å²) < 4.78 is 41.8. The molecule has 102 valence electrons. The van der Waals surface area contributed by atoms with Gasteiger partial charge in [-0.15, -0.1) is 0 Å². The Labute approximate surface area is 110 Å². The molecule has 3 rings (SSSR count). The molecule has 1 heterocycles. The SMILES string of the molecule is Oc1cc2ccccc2cc1-c1nc(C(F)(F)F)no1. The summed E-state index contributed by atoms with van der Waals surface area (Å²) in [7, 11) is 0. The molecule has 20 heavy (non-hydrogen) atoms. The Morgan fingerprint density at radius 1 is 1.05 bits per heavy atom. The van der Waals surface area contributed by atoms with Crippen LogP contribution in [-0.2, 0) is 6.18 Å². The highest BCUT2D eigenvalue weighted by Gasteiger charge is 2.37. The molecule has 0 unspecified atom stereocenters. The third-order valence-electron chi connectivity index (χ3n) is 2.77. The van der Waals surface area contributed by atoms with Crippen molar-refractivity contribution >= 4 is 10.8 Å². The zero-order valence-electron chi connectivity index (χ0n) is 9.85. The fourth-order valence-electron chi connectivity index (χ4n) is 1.85. The van der Waals surface area contributed by atoms with Crippen molar-refractivity contribution in [3.8, 4) is 17.2 Å². The average molecular weight is 280 g/mol. The highest BCUT2D eigenvalue weighted by molar-refractivity contribution is 5.89. The highest BCUT2D eigenvalue weighted by atomic mass is 19.4. The molecule has 4 nitrogen and oxygen atoms in total. The molecule has 7 heteroatoms. The molecular formula is C13H7F3N2O2. The molecule has 0 spiro atoms. The first kappa shape index (κ1) is 12.5. The first-order chi connectivity index (χ1) is 9.45. The van der Waals surface area contributed by atoms with E-state index in [2.05, 4.69) is 14.7 Å². The smallest absolute Gasteiger partial charge is 0.455 e. The molecule has 0 bridgehead atoms. The number of hydrogen-bond donors (Lipinski definition) is 1. The molecule has 0 aliphatic heterocycles. The van der Waals surface area contributed by atoms with Crippen LogP contribution in [0, 0.1) is 0 Å². The largest absolute Gasteiger partial charge is 0.507 e. The van der Waals surface area contributed by atoms with Gasteiger partial charge in [-0.2, -0.15) is 18.2 Å². The number of aromatic hydroxyl groups is 1. The summed E-state index contributed by atoms with van der Waals surface area (Å²) in [5.41, 5.74) is 0.0618. The van der Waals surface area contributed by atoms with E-state index in [1.807, 2.05) is 0 Å². The molecule has 0 amide bonds. The van der Waals surface area contributed by atoms with Crippen LogP contribution in [0.15, 0.2) is 40.9 Å². The number of nitrogens with zero attached hydrogens (tertiary/aromatic N) is 2. The van der Waals surface area contributed by atoms with Crippen LogP contribution in [-0.4, -0.2) is 15.2 Å². The molecule has 0 aliphatic rings. The third-order valence-corrected chi connectivity index (χ3v) is 2.77. The van der Waals surface area contributed by atoms with Crippen LogP contribution in [0.4, 0.5) is 13.2 Å². The van der Waals surface area contributed by atoms with Crippen molar-refractivity contribution in [2.75, 3.05) is 0 Å². The Morgan fingerprint density at radius 2 is 1.70 bits per heavy atom. The van der Waals surface area contributed by atoms with E-state index in [4.69, 9.17) is 0 Å². The Morgan fingerprint density at radius 3 is 2.30 bits per heavy atom. The Bertz CT molecular complexity index is 781. The lowest BCUT2D eigenvalue weighted by atomic mass is 10.1. The second kappa shape index (κ2) is 4.22. The van der Waals surface area contributed by atoms with E-state index in [-0.39, 0.29) is 17.2 Å². The minimum absolute atomic E-state index is 0.0618. The number of rotatable bonds is 1. The Kier molecular flexibility index (Phi) is 2.63. The second-order valence-electron chi connectivity index (χ2n) is 4.14. The zero-order chi connectivity index (χ0) is 14.3. The van der Waals surface area contributed by atoms with Crippen molar-refractivity contribution in [2.45, 2.75) is 6.18 Å². The minimum atomic E-state index is -4.69. The molecule has 0 fully saturated rings. The average Bonchev–Trinajstić information content (AvgIpc) is 2.87. The van der Waals surface area contributed by atoms with Crippen molar-refractivity contribution in [3.05, 3.63) is 42.2 Å². The standard InChI is InChI=1S/C13H7F3N2O2/c14-13(15,16)12-17-11(20-18-12)9-5-7-3-1-2-4-8(7)6-10(9)19/h1-6,19H. The molecular weight excluding hydrogens is 273 g/mol. The normalized spacial score (nSPS) is 11.9. The van der Waals surface area contributed by atoms with Crippen molar-refractivity contribution in [1.82, 2.24) is 10.1 Å². The molecule has 3 aromatic rings. The van der Waals surface area contributed by atoms with Gasteiger partial charge >= 0.3 is 6.18 Å². The number of alkyl halides is 3. The number of phenolic OH excluding ortho intramolecular Hbond substituents is 1. The molecule has 2 aromatic carbocycles. The van der Waals surface area contributed by atoms with Crippen molar-refractivity contribution in [1.29, 1.82) is 0 Å². The summed E-state index contributed by atoms with van der Waals surface area (Å²) in [4.78, 5) is 3.26. The number of halogens is 3. The van der Waals surface area contributed by atoms with Gasteiger partial charge in [-0.25, -0.2) is 0 Å².